The summed E-state index contributed by atoms with van der Waals surface area (Å²) in [7, 11) is 2.22. The van der Waals surface area contributed by atoms with Gasteiger partial charge in [-0.25, -0.2) is 0 Å². The lowest BCUT2D eigenvalue weighted by atomic mass is 9.82. The molecule has 2 atom stereocenters. The quantitative estimate of drug-likeness (QED) is 0.572. The maximum Gasteiger partial charge on any atom is 0.0445 e. The van der Waals surface area contributed by atoms with Crippen molar-refractivity contribution in [3.63, 3.8) is 0 Å². The van der Waals surface area contributed by atoms with Crippen molar-refractivity contribution in [1.82, 2.24) is 0 Å². The first-order chi connectivity index (χ1) is 13.2. The third-order valence-corrected chi connectivity index (χ3v) is 6.46. The average Bonchev–Trinajstić information content (AvgIpc) is 3.00. The minimum absolute atomic E-state index is 0.490. The summed E-state index contributed by atoms with van der Waals surface area (Å²) in [4.78, 5) is 2.39. The molecule has 4 aliphatic rings. The largest absolute Gasteiger partial charge is 0.347 e. The van der Waals surface area contributed by atoms with Gasteiger partial charge in [-0.1, -0.05) is 55.5 Å². The van der Waals surface area contributed by atoms with E-state index in [1.807, 2.05) is 0 Å². The summed E-state index contributed by atoms with van der Waals surface area (Å²) in [6, 6.07) is 7.06. The molecular formula is C26H27N. The summed E-state index contributed by atoms with van der Waals surface area (Å²) in [5, 5.41) is 0. The molecule has 5 rings (SSSR count). The lowest BCUT2D eigenvalue weighted by molar-refractivity contribution is 0.739. The monoisotopic (exact) mass is 353 g/mol. The van der Waals surface area contributed by atoms with Crippen molar-refractivity contribution in [3.8, 4) is 0 Å². The zero-order valence-electron chi connectivity index (χ0n) is 16.3. The highest BCUT2D eigenvalue weighted by molar-refractivity contribution is 5.79. The van der Waals surface area contributed by atoms with Crippen molar-refractivity contribution in [2.24, 2.45) is 5.92 Å². The topological polar surface area (TPSA) is 3.24 Å². The second-order valence-electron chi connectivity index (χ2n) is 8.26. The molecule has 0 fully saturated rings. The molecule has 0 bridgehead atoms. The van der Waals surface area contributed by atoms with E-state index in [9.17, 15) is 0 Å². The molecule has 0 saturated carbocycles. The number of benzene rings is 1. The number of hydrogen-bond donors (Lipinski definition) is 0. The van der Waals surface area contributed by atoms with E-state index in [1.165, 1.54) is 52.1 Å². The van der Waals surface area contributed by atoms with Gasteiger partial charge in [-0.05, 0) is 77.7 Å². The van der Waals surface area contributed by atoms with Gasteiger partial charge in [-0.15, -0.1) is 0 Å². The molecule has 1 aromatic carbocycles. The van der Waals surface area contributed by atoms with E-state index < -0.39 is 0 Å². The summed E-state index contributed by atoms with van der Waals surface area (Å²) >= 11 is 0. The normalized spacial score (nSPS) is 26.1. The second-order valence-corrected chi connectivity index (χ2v) is 8.26. The Labute approximate surface area is 162 Å². The van der Waals surface area contributed by atoms with Crippen LogP contribution in [0.5, 0.6) is 0 Å². The van der Waals surface area contributed by atoms with Crippen molar-refractivity contribution in [2.75, 3.05) is 11.9 Å². The Morgan fingerprint density at radius 2 is 2.00 bits per heavy atom. The average molecular weight is 354 g/mol. The molecule has 0 saturated heterocycles. The van der Waals surface area contributed by atoms with E-state index in [0.29, 0.717) is 11.8 Å². The Balaban J connectivity index is 1.50. The molecule has 0 N–H and O–H groups in total. The molecule has 0 aromatic heterocycles. The lowest BCUT2D eigenvalue weighted by Crippen LogP contribution is -2.15. The lowest BCUT2D eigenvalue weighted by Gasteiger charge is -2.24. The molecule has 27 heavy (non-hydrogen) atoms. The number of fused-ring (bicyclic) bond motifs is 3. The number of rotatable bonds is 2. The predicted octanol–water partition coefficient (Wildman–Crippen LogP) is 6.69. The fraction of sp³-hybridized carbons (Fsp3) is 0.308. The van der Waals surface area contributed by atoms with E-state index in [1.54, 1.807) is 0 Å². The highest BCUT2D eigenvalue weighted by atomic mass is 15.1. The predicted molar refractivity (Wildman–Crippen MR) is 116 cm³/mol. The maximum atomic E-state index is 2.45. The van der Waals surface area contributed by atoms with Crippen molar-refractivity contribution in [1.29, 1.82) is 0 Å². The van der Waals surface area contributed by atoms with Gasteiger partial charge < -0.3 is 4.90 Å². The van der Waals surface area contributed by atoms with Crippen LogP contribution in [0.1, 0.15) is 49.7 Å². The molecule has 1 heteroatoms. The number of allylic oxidation sites excluding steroid dienone is 12. The van der Waals surface area contributed by atoms with Crippen LogP contribution in [0.2, 0.25) is 0 Å². The van der Waals surface area contributed by atoms with Crippen molar-refractivity contribution in [2.45, 2.75) is 38.5 Å². The Morgan fingerprint density at radius 3 is 2.78 bits per heavy atom. The number of nitrogens with zero attached hydrogens (tertiary/aromatic N) is 1. The van der Waals surface area contributed by atoms with Crippen molar-refractivity contribution in [3.05, 3.63) is 94.8 Å². The van der Waals surface area contributed by atoms with Crippen LogP contribution in [0, 0.1) is 5.92 Å². The van der Waals surface area contributed by atoms with Crippen LogP contribution in [-0.4, -0.2) is 7.05 Å². The van der Waals surface area contributed by atoms with Crippen LogP contribution in [0.4, 0.5) is 5.69 Å². The number of anilines is 1. The Kier molecular flexibility index (Phi) is 4.04. The Bertz CT molecular complexity index is 964. The summed E-state index contributed by atoms with van der Waals surface area (Å²) in [6.45, 7) is 2.28. The SMILES string of the molecule is CC1C=CC(c2ccc3c(c2)C2CC(C4=CC=CCC4)=CC=C2N3C)=CC1. The van der Waals surface area contributed by atoms with Crippen molar-refractivity contribution < 1.29 is 0 Å². The van der Waals surface area contributed by atoms with Gasteiger partial charge in [0, 0.05) is 24.4 Å². The summed E-state index contributed by atoms with van der Waals surface area (Å²) in [5.41, 5.74) is 10.1. The third-order valence-electron chi connectivity index (χ3n) is 6.46. The molecule has 1 aliphatic heterocycles. The van der Waals surface area contributed by atoms with E-state index in [-0.39, 0.29) is 0 Å². The van der Waals surface area contributed by atoms with Gasteiger partial charge in [-0.3, -0.25) is 0 Å². The highest BCUT2D eigenvalue weighted by Crippen LogP contribution is 2.49. The molecule has 0 spiro atoms. The first-order valence-corrected chi connectivity index (χ1v) is 10.2. The van der Waals surface area contributed by atoms with E-state index >= 15 is 0 Å². The molecule has 136 valence electrons. The van der Waals surface area contributed by atoms with Crippen LogP contribution >= 0.6 is 0 Å². The smallest absolute Gasteiger partial charge is 0.0445 e. The molecule has 1 aromatic rings. The number of likely N-dealkylation sites (N-methyl/N-ethyl adjacent to an activating group) is 1. The van der Waals surface area contributed by atoms with Gasteiger partial charge in [0.05, 0.1) is 0 Å². The molecular weight excluding hydrogens is 326 g/mol. The van der Waals surface area contributed by atoms with Gasteiger partial charge in [-0.2, -0.15) is 0 Å². The van der Waals surface area contributed by atoms with E-state index in [2.05, 4.69) is 85.7 Å². The second kappa shape index (κ2) is 6.56. The zero-order valence-corrected chi connectivity index (χ0v) is 16.3. The standard InChI is InChI=1S/C26H27N/c1-18-8-10-20(11-9-18)22-13-15-26-24(17-22)23-16-21(12-14-25(23)27(26)2)19-6-4-3-5-7-19/h3-4,6,8,10-15,17-18,23H,5,7,9,16H2,1-2H3. The third kappa shape index (κ3) is 2.86. The minimum atomic E-state index is 0.490. The molecule has 1 nitrogen and oxygen atoms in total. The van der Waals surface area contributed by atoms with Crippen molar-refractivity contribution >= 4 is 11.3 Å². The van der Waals surface area contributed by atoms with Gasteiger partial charge in [0.2, 0.25) is 0 Å². The summed E-state index contributed by atoms with van der Waals surface area (Å²) in [6.07, 6.45) is 23.2. The van der Waals surface area contributed by atoms with Gasteiger partial charge in [0.25, 0.3) is 0 Å². The van der Waals surface area contributed by atoms with Crippen LogP contribution in [0.15, 0.2) is 83.7 Å². The van der Waals surface area contributed by atoms with Crippen LogP contribution in [0.3, 0.4) is 0 Å². The fourth-order valence-corrected chi connectivity index (χ4v) is 4.82. The maximum absolute atomic E-state index is 2.45. The first kappa shape index (κ1) is 16.6. The van der Waals surface area contributed by atoms with Crippen LogP contribution < -0.4 is 4.90 Å². The zero-order chi connectivity index (χ0) is 18.4. The van der Waals surface area contributed by atoms with Gasteiger partial charge in [0.15, 0.2) is 0 Å². The minimum Gasteiger partial charge on any atom is -0.347 e. The van der Waals surface area contributed by atoms with Crippen LogP contribution in [-0.2, 0) is 0 Å². The highest BCUT2D eigenvalue weighted by Gasteiger charge is 2.34. The molecule has 0 amide bonds. The van der Waals surface area contributed by atoms with Gasteiger partial charge in [0.1, 0.15) is 0 Å². The summed E-state index contributed by atoms with van der Waals surface area (Å²) < 4.78 is 0. The number of hydrogen-bond acceptors (Lipinski definition) is 1. The van der Waals surface area contributed by atoms with E-state index in [4.69, 9.17) is 0 Å². The van der Waals surface area contributed by atoms with Crippen LogP contribution in [0.25, 0.3) is 5.57 Å². The Hall–Kier alpha value is -2.54. The molecule has 1 heterocycles. The van der Waals surface area contributed by atoms with Gasteiger partial charge >= 0.3 is 0 Å². The first-order valence-electron chi connectivity index (χ1n) is 10.2. The molecule has 2 unspecified atom stereocenters. The Morgan fingerprint density at radius 1 is 1.07 bits per heavy atom. The molecule has 3 aliphatic carbocycles. The molecule has 0 radical (unpaired) electrons. The summed E-state index contributed by atoms with van der Waals surface area (Å²) in [5.74, 6) is 1.15. The van der Waals surface area contributed by atoms with E-state index in [0.717, 1.165) is 12.8 Å². The fourth-order valence-electron chi connectivity index (χ4n) is 4.82.